The van der Waals surface area contributed by atoms with Gasteiger partial charge < -0.3 is 9.80 Å². The van der Waals surface area contributed by atoms with Crippen molar-refractivity contribution in [3.8, 4) is 0 Å². The topological polar surface area (TPSA) is 78.0 Å². The van der Waals surface area contributed by atoms with E-state index < -0.39 is 0 Å². The Morgan fingerprint density at radius 3 is 2.72 bits per heavy atom. The van der Waals surface area contributed by atoms with E-state index in [1.165, 1.54) is 0 Å². The van der Waals surface area contributed by atoms with Crippen molar-refractivity contribution in [3.05, 3.63) is 39.9 Å². The fourth-order valence-corrected chi connectivity index (χ4v) is 4.09. The molecule has 3 aromatic heterocycles. The first-order valence-corrected chi connectivity index (χ1v) is 9.45. The smallest absolute Gasteiger partial charge is 0.252 e. The molecule has 0 atom stereocenters. The molecule has 25 heavy (non-hydrogen) atoms. The van der Waals surface area contributed by atoms with Crippen LogP contribution in [-0.4, -0.2) is 46.1 Å². The van der Waals surface area contributed by atoms with Gasteiger partial charge >= 0.3 is 0 Å². The van der Waals surface area contributed by atoms with E-state index in [1.54, 1.807) is 23.7 Å². The molecule has 1 aliphatic carbocycles. The van der Waals surface area contributed by atoms with Crippen molar-refractivity contribution in [2.24, 2.45) is 0 Å². The maximum atomic E-state index is 11.9. The summed E-state index contributed by atoms with van der Waals surface area (Å²) in [5, 5.41) is 3.17. The SMILES string of the molecule is O=c1cc(C2CC2)nc(N2CCN(c3ncnc4sccc34)CC2)[nH]1. The van der Waals surface area contributed by atoms with E-state index in [4.69, 9.17) is 0 Å². The van der Waals surface area contributed by atoms with Crippen LogP contribution < -0.4 is 15.4 Å². The van der Waals surface area contributed by atoms with Gasteiger partial charge in [0.25, 0.3) is 5.56 Å². The number of nitrogens with zero attached hydrogens (tertiary/aromatic N) is 5. The van der Waals surface area contributed by atoms with Crippen LogP contribution in [0.2, 0.25) is 0 Å². The van der Waals surface area contributed by atoms with E-state index in [2.05, 4.69) is 41.2 Å². The molecule has 8 heteroatoms. The minimum absolute atomic E-state index is 0.0508. The molecule has 4 heterocycles. The number of piperazine rings is 1. The molecule has 2 aliphatic rings. The monoisotopic (exact) mass is 354 g/mol. The number of nitrogens with one attached hydrogen (secondary N) is 1. The van der Waals surface area contributed by atoms with E-state index in [0.717, 1.165) is 60.7 Å². The van der Waals surface area contributed by atoms with E-state index in [1.807, 2.05) is 0 Å². The lowest BCUT2D eigenvalue weighted by atomic mass is 10.2. The number of hydrogen-bond acceptors (Lipinski definition) is 7. The lowest BCUT2D eigenvalue weighted by Gasteiger charge is -2.35. The summed E-state index contributed by atoms with van der Waals surface area (Å²) in [6.07, 6.45) is 3.93. The summed E-state index contributed by atoms with van der Waals surface area (Å²) in [7, 11) is 0. The molecular formula is C17H18N6OS. The van der Waals surface area contributed by atoms with Crippen molar-refractivity contribution >= 4 is 33.3 Å². The molecule has 0 aromatic carbocycles. The zero-order chi connectivity index (χ0) is 16.8. The molecule has 0 spiro atoms. The number of aromatic amines is 1. The number of anilines is 2. The normalized spacial score (nSPS) is 18.1. The zero-order valence-electron chi connectivity index (χ0n) is 13.7. The molecule has 0 amide bonds. The number of aromatic nitrogens is 4. The highest BCUT2D eigenvalue weighted by Crippen LogP contribution is 2.38. The molecule has 1 N–H and O–H groups in total. The highest BCUT2D eigenvalue weighted by atomic mass is 32.1. The van der Waals surface area contributed by atoms with E-state index in [-0.39, 0.29) is 5.56 Å². The van der Waals surface area contributed by atoms with Crippen LogP contribution >= 0.6 is 11.3 Å². The molecule has 1 saturated carbocycles. The van der Waals surface area contributed by atoms with Crippen LogP contribution in [0.5, 0.6) is 0 Å². The zero-order valence-corrected chi connectivity index (χ0v) is 14.5. The maximum Gasteiger partial charge on any atom is 0.252 e. The molecule has 7 nitrogen and oxygen atoms in total. The van der Waals surface area contributed by atoms with E-state index in [9.17, 15) is 4.79 Å². The number of rotatable bonds is 3. The van der Waals surface area contributed by atoms with Crippen molar-refractivity contribution in [1.82, 2.24) is 19.9 Å². The molecular weight excluding hydrogens is 336 g/mol. The van der Waals surface area contributed by atoms with Crippen LogP contribution in [0.15, 0.2) is 28.6 Å². The third-order valence-electron chi connectivity index (χ3n) is 4.86. The Morgan fingerprint density at radius 1 is 1.12 bits per heavy atom. The molecule has 0 unspecified atom stereocenters. The maximum absolute atomic E-state index is 11.9. The van der Waals surface area contributed by atoms with Crippen LogP contribution in [-0.2, 0) is 0 Å². The Morgan fingerprint density at radius 2 is 1.92 bits per heavy atom. The minimum Gasteiger partial charge on any atom is -0.352 e. The fourth-order valence-electron chi connectivity index (χ4n) is 3.36. The van der Waals surface area contributed by atoms with Gasteiger partial charge in [0, 0.05) is 38.2 Å². The summed E-state index contributed by atoms with van der Waals surface area (Å²) in [5.41, 5.74) is 0.891. The summed E-state index contributed by atoms with van der Waals surface area (Å²) in [5.74, 6) is 2.19. The van der Waals surface area contributed by atoms with Crippen molar-refractivity contribution in [3.63, 3.8) is 0 Å². The third kappa shape index (κ3) is 2.76. The van der Waals surface area contributed by atoms with Gasteiger partial charge in [0.2, 0.25) is 5.95 Å². The molecule has 0 bridgehead atoms. The van der Waals surface area contributed by atoms with Gasteiger partial charge in [-0.05, 0) is 24.3 Å². The first-order chi connectivity index (χ1) is 12.3. The van der Waals surface area contributed by atoms with Crippen LogP contribution in [0.1, 0.15) is 24.5 Å². The molecule has 1 saturated heterocycles. The molecule has 3 aromatic rings. The minimum atomic E-state index is -0.0508. The molecule has 128 valence electrons. The summed E-state index contributed by atoms with van der Waals surface area (Å²) in [6, 6.07) is 3.73. The van der Waals surface area contributed by atoms with Crippen LogP contribution in [0.25, 0.3) is 10.2 Å². The van der Waals surface area contributed by atoms with Gasteiger partial charge in [-0.25, -0.2) is 15.0 Å². The first kappa shape index (κ1) is 14.8. The standard InChI is InChI=1S/C17H18N6OS/c24-14-9-13(11-1-2-11)20-17(21-14)23-6-4-22(5-7-23)15-12-3-8-25-16(12)19-10-18-15/h3,8-11H,1-2,4-7H2,(H,20,21,24). The highest BCUT2D eigenvalue weighted by molar-refractivity contribution is 7.16. The van der Waals surface area contributed by atoms with Gasteiger partial charge in [0.05, 0.1) is 11.1 Å². The fraction of sp³-hybridized carbons (Fsp3) is 0.412. The second kappa shape index (κ2) is 5.80. The van der Waals surface area contributed by atoms with Crippen LogP contribution in [0.4, 0.5) is 11.8 Å². The van der Waals surface area contributed by atoms with Gasteiger partial charge in [-0.2, -0.15) is 0 Å². The Labute approximate surface area is 148 Å². The average molecular weight is 354 g/mol. The van der Waals surface area contributed by atoms with Gasteiger partial charge in [-0.15, -0.1) is 11.3 Å². The number of fused-ring (bicyclic) bond motifs is 1. The molecule has 2 fully saturated rings. The third-order valence-corrected chi connectivity index (χ3v) is 5.68. The quantitative estimate of drug-likeness (QED) is 0.775. The van der Waals surface area contributed by atoms with Crippen LogP contribution in [0, 0.1) is 0 Å². The summed E-state index contributed by atoms with van der Waals surface area (Å²) in [4.78, 5) is 33.8. The largest absolute Gasteiger partial charge is 0.352 e. The van der Waals surface area contributed by atoms with Gasteiger partial charge in [0.1, 0.15) is 17.0 Å². The number of thiophene rings is 1. The lowest BCUT2D eigenvalue weighted by Crippen LogP contribution is -2.47. The summed E-state index contributed by atoms with van der Waals surface area (Å²) < 4.78 is 0. The van der Waals surface area contributed by atoms with Gasteiger partial charge in [-0.1, -0.05) is 0 Å². The molecule has 1 aliphatic heterocycles. The highest BCUT2D eigenvalue weighted by Gasteiger charge is 2.27. The van der Waals surface area contributed by atoms with Crippen molar-refractivity contribution < 1.29 is 0 Å². The second-order valence-electron chi connectivity index (χ2n) is 6.58. The Bertz CT molecular complexity index is 970. The van der Waals surface area contributed by atoms with Crippen LogP contribution in [0.3, 0.4) is 0 Å². The average Bonchev–Trinajstić information content (AvgIpc) is 3.38. The first-order valence-electron chi connectivity index (χ1n) is 8.57. The second-order valence-corrected chi connectivity index (χ2v) is 7.47. The molecule has 5 rings (SSSR count). The summed E-state index contributed by atoms with van der Waals surface area (Å²) in [6.45, 7) is 3.32. The van der Waals surface area contributed by atoms with Gasteiger partial charge in [0.15, 0.2) is 0 Å². The number of hydrogen-bond donors (Lipinski definition) is 1. The molecule has 0 radical (unpaired) electrons. The Balaban J connectivity index is 1.36. The number of H-pyrrole nitrogens is 1. The predicted molar refractivity (Wildman–Crippen MR) is 98.7 cm³/mol. The van der Waals surface area contributed by atoms with Crippen molar-refractivity contribution in [1.29, 1.82) is 0 Å². The van der Waals surface area contributed by atoms with E-state index >= 15 is 0 Å². The van der Waals surface area contributed by atoms with Crippen molar-refractivity contribution in [2.45, 2.75) is 18.8 Å². The Hall–Kier alpha value is -2.48. The Kier molecular flexibility index (Phi) is 3.44. The summed E-state index contributed by atoms with van der Waals surface area (Å²) >= 11 is 1.64. The lowest BCUT2D eigenvalue weighted by molar-refractivity contribution is 0.633. The van der Waals surface area contributed by atoms with Gasteiger partial charge in [-0.3, -0.25) is 9.78 Å². The van der Waals surface area contributed by atoms with Crippen molar-refractivity contribution in [2.75, 3.05) is 36.0 Å². The predicted octanol–water partition coefficient (Wildman–Crippen LogP) is 1.98. The van der Waals surface area contributed by atoms with E-state index in [0.29, 0.717) is 11.9 Å².